The molecule has 7 nitrogen and oxygen atoms in total. The Labute approximate surface area is 225 Å². The minimum absolute atomic E-state index is 0.0148. The number of aromatic hydroxyl groups is 1. The van der Waals surface area contributed by atoms with Crippen LogP contribution >= 0.6 is 34.7 Å². The van der Waals surface area contributed by atoms with Crippen molar-refractivity contribution in [3.05, 3.63) is 67.6 Å². The molecule has 2 aliphatic carbocycles. The molecule has 7 atom stereocenters. The predicted molar refractivity (Wildman–Crippen MR) is 142 cm³/mol. The number of phenols is 1. The molecular formula is C27H23ClN2O5S2. The monoisotopic (exact) mass is 554 g/mol. The summed E-state index contributed by atoms with van der Waals surface area (Å²) in [5.74, 6) is -0.522. The van der Waals surface area contributed by atoms with Gasteiger partial charge < -0.3 is 14.8 Å². The minimum Gasteiger partial charge on any atom is -0.504 e. The van der Waals surface area contributed by atoms with Crippen molar-refractivity contribution < 1.29 is 19.4 Å². The Kier molecular flexibility index (Phi) is 5.29. The Morgan fingerprint density at radius 2 is 1.81 bits per heavy atom. The van der Waals surface area contributed by atoms with Crippen molar-refractivity contribution in [1.82, 2.24) is 4.98 Å². The Balaban J connectivity index is 1.32. The van der Waals surface area contributed by atoms with Crippen LogP contribution in [0.1, 0.15) is 29.7 Å². The molecule has 2 N–H and O–H groups in total. The number of H-pyrrole nitrogens is 1. The van der Waals surface area contributed by atoms with Crippen LogP contribution in [0, 0.1) is 29.6 Å². The molecule has 0 spiro atoms. The van der Waals surface area contributed by atoms with Crippen molar-refractivity contribution in [3.63, 3.8) is 0 Å². The summed E-state index contributed by atoms with van der Waals surface area (Å²) in [7, 11) is 0. The molecule has 190 valence electrons. The second-order valence-electron chi connectivity index (χ2n) is 10.1. The first-order valence-corrected chi connectivity index (χ1v) is 14.4. The fourth-order valence-corrected chi connectivity index (χ4v) is 10.2. The smallest absolute Gasteiger partial charge is 0.305 e. The Morgan fingerprint density at radius 3 is 2.54 bits per heavy atom. The number of aromatic nitrogens is 1. The minimum atomic E-state index is -0.377. The van der Waals surface area contributed by atoms with E-state index >= 15 is 0 Å². The number of nitrogens with one attached hydrogen (secondary N) is 1. The molecule has 3 fully saturated rings. The number of hydrogen-bond donors (Lipinski definition) is 2. The van der Waals surface area contributed by atoms with Crippen LogP contribution in [0.4, 0.5) is 5.69 Å². The third-order valence-corrected chi connectivity index (χ3v) is 11.3. The third kappa shape index (κ3) is 3.30. The fraction of sp³-hybridized carbons (Fsp3) is 0.370. The number of phenolic OH excluding ortho intramolecular Hbond substituents is 1. The number of nitrogens with zero attached hydrogens (tertiary/aromatic N) is 1. The molecular weight excluding hydrogens is 532 g/mol. The lowest BCUT2D eigenvalue weighted by Crippen LogP contribution is -2.42. The van der Waals surface area contributed by atoms with Crippen molar-refractivity contribution in [2.75, 3.05) is 11.5 Å². The summed E-state index contributed by atoms with van der Waals surface area (Å²) < 4.78 is 5.67. The first kappa shape index (κ1) is 23.4. The standard InChI is InChI=1S/C27H23ClN2O5S2/c1-2-35-17-9-11(3-8-16(17)31)18-19-14-10-15(22(19)36-24-23(18)37-27(34)29-24)21-20(14)25(32)30(26(21)33)13-6-4-12(28)5-7-13/h3-9,14-15,18-22,31H,2,10H2,1H3,(H,29,34)/t14-,15-,18+,19+,20+,21+,22-/m1/s1. The number of thiazole rings is 1. The summed E-state index contributed by atoms with van der Waals surface area (Å²) >= 11 is 8.91. The van der Waals surface area contributed by atoms with Crippen LogP contribution < -0.4 is 14.5 Å². The maximum absolute atomic E-state index is 13.8. The second-order valence-corrected chi connectivity index (χ2v) is 12.7. The largest absolute Gasteiger partial charge is 0.504 e. The van der Waals surface area contributed by atoms with Gasteiger partial charge >= 0.3 is 4.87 Å². The van der Waals surface area contributed by atoms with Gasteiger partial charge in [0.25, 0.3) is 0 Å². The molecule has 37 heavy (non-hydrogen) atoms. The Hall–Kier alpha value is -2.75. The van der Waals surface area contributed by atoms with E-state index < -0.39 is 0 Å². The van der Waals surface area contributed by atoms with Gasteiger partial charge in [-0.25, -0.2) is 0 Å². The summed E-state index contributed by atoms with van der Waals surface area (Å²) in [5.41, 5.74) is 1.51. The van der Waals surface area contributed by atoms with Gasteiger partial charge in [0.05, 0.1) is 29.2 Å². The molecule has 2 amide bonds. The number of anilines is 1. The highest BCUT2D eigenvalue weighted by molar-refractivity contribution is 8.00. The average molecular weight is 555 g/mol. The van der Waals surface area contributed by atoms with E-state index in [4.69, 9.17) is 16.3 Å². The molecule has 0 unspecified atom stereocenters. The quantitative estimate of drug-likeness (QED) is 0.446. The zero-order chi connectivity index (χ0) is 25.6. The number of rotatable bonds is 4. The molecule has 2 aliphatic heterocycles. The van der Waals surface area contributed by atoms with E-state index in [1.54, 1.807) is 42.1 Å². The van der Waals surface area contributed by atoms with E-state index in [2.05, 4.69) is 4.98 Å². The number of aromatic amines is 1. The molecule has 2 bridgehead atoms. The topological polar surface area (TPSA) is 99.7 Å². The Morgan fingerprint density at radius 1 is 1.08 bits per heavy atom. The highest BCUT2D eigenvalue weighted by atomic mass is 35.5. The molecule has 2 aromatic carbocycles. The lowest BCUT2D eigenvalue weighted by molar-refractivity contribution is -0.123. The van der Waals surface area contributed by atoms with Gasteiger partial charge in [0.15, 0.2) is 11.5 Å². The lowest BCUT2D eigenvalue weighted by atomic mass is 9.68. The molecule has 0 radical (unpaired) electrons. The number of hydrogen-bond acceptors (Lipinski definition) is 7. The van der Waals surface area contributed by atoms with Gasteiger partial charge in [0.1, 0.15) is 0 Å². The van der Waals surface area contributed by atoms with Gasteiger partial charge in [-0.15, -0.1) is 11.8 Å². The van der Waals surface area contributed by atoms with Crippen molar-refractivity contribution in [3.8, 4) is 11.5 Å². The van der Waals surface area contributed by atoms with Crippen LogP contribution in [0.25, 0.3) is 0 Å². The molecule has 1 aromatic heterocycles. The van der Waals surface area contributed by atoms with Crippen LogP contribution in [0.5, 0.6) is 11.5 Å². The van der Waals surface area contributed by atoms with E-state index in [0.29, 0.717) is 23.1 Å². The maximum atomic E-state index is 13.8. The Bertz CT molecular complexity index is 1500. The number of carbonyl (C=O) groups excluding carboxylic acids is 2. The van der Waals surface area contributed by atoms with Gasteiger partial charge in [0.2, 0.25) is 11.8 Å². The van der Waals surface area contributed by atoms with Gasteiger partial charge in [-0.1, -0.05) is 29.0 Å². The van der Waals surface area contributed by atoms with Crippen LogP contribution in [0.15, 0.2) is 52.3 Å². The number of imide groups is 1. The first-order chi connectivity index (χ1) is 17.9. The molecule has 4 aliphatic rings. The van der Waals surface area contributed by atoms with Crippen molar-refractivity contribution in [1.29, 1.82) is 0 Å². The summed E-state index contributed by atoms with van der Waals surface area (Å²) in [6.45, 7) is 2.28. The number of amides is 2. The number of halogens is 1. The van der Waals surface area contributed by atoms with Gasteiger partial charge in [-0.3, -0.25) is 19.3 Å². The normalized spacial score (nSPS) is 31.4. The van der Waals surface area contributed by atoms with Crippen LogP contribution in [-0.4, -0.2) is 33.8 Å². The first-order valence-electron chi connectivity index (χ1n) is 12.4. The molecule has 7 rings (SSSR count). The van der Waals surface area contributed by atoms with Crippen LogP contribution in [0.2, 0.25) is 5.02 Å². The number of benzene rings is 2. The summed E-state index contributed by atoms with van der Waals surface area (Å²) in [4.78, 5) is 45.1. The lowest BCUT2D eigenvalue weighted by Gasteiger charge is -2.43. The number of thioether (sulfide) groups is 1. The SMILES string of the molecule is CCOc1cc([C@@H]2c3sc(=O)[nH]c3S[C@@H]3[C@@H]4C[C@@H]([C@@H]5C(=O)N(c6ccc(Cl)cc6)C(=O)[C@@H]45)[C@@H]23)ccc1O. The van der Waals surface area contributed by atoms with Gasteiger partial charge in [0, 0.05) is 21.1 Å². The fourth-order valence-electron chi connectivity index (χ4n) is 7.23. The highest BCUT2D eigenvalue weighted by Crippen LogP contribution is 2.68. The van der Waals surface area contributed by atoms with Gasteiger partial charge in [-0.05, 0) is 73.1 Å². The van der Waals surface area contributed by atoms with Crippen molar-refractivity contribution >= 4 is 52.2 Å². The zero-order valence-corrected chi connectivity index (χ0v) is 22.1. The van der Waals surface area contributed by atoms with E-state index in [-0.39, 0.29) is 63.2 Å². The third-order valence-electron chi connectivity index (χ3n) is 8.45. The molecule has 2 saturated carbocycles. The number of fused-ring (bicyclic) bond motifs is 9. The summed E-state index contributed by atoms with van der Waals surface area (Å²) in [5, 5.41) is 11.8. The van der Waals surface area contributed by atoms with Crippen molar-refractivity contribution in [2.24, 2.45) is 29.6 Å². The predicted octanol–water partition coefficient (Wildman–Crippen LogP) is 4.87. The average Bonchev–Trinajstić information content (AvgIpc) is 3.60. The molecule has 3 aromatic rings. The van der Waals surface area contributed by atoms with E-state index in [0.717, 1.165) is 21.9 Å². The van der Waals surface area contributed by atoms with E-state index in [1.165, 1.54) is 16.2 Å². The van der Waals surface area contributed by atoms with Crippen LogP contribution in [0.3, 0.4) is 0 Å². The highest BCUT2D eigenvalue weighted by Gasteiger charge is 2.69. The maximum Gasteiger partial charge on any atom is 0.305 e. The summed E-state index contributed by atoms with van der Waals surface area (Å²) in [6.07, 6.45) is 0.815. The molecule has 1 saturated heterocycles. The number of ether oxygens (including phenoxy) is 1. The van der Waals surface area contributed by atoms with E-state index in [9.17, 15) is 19.5 Å². The van der Waals surface area contributed by atoms with E-state index in [1.807, 2.05) is 19.1 Å². The van der Waals surface area contributed by atoms with Gasteiger partial charge in [-0.2, -0.15) is 0 Å². The molecule has 10 heteroatoms. The number of carbonyl (C=O) groups is 2. The van der Waals surface area contributed by atoms with Crippen molar-refractivity contribution in [2.45, 2.75) is 29.5 Å². The summed E-state index contributed by atoms with van der Waals surface area (Å²) in [6, 6.07) is 12.2. The molecule has 3 heterocycles. The second kappa shape index (κ2) is 8.38. The zero-order valence-electron chi connectivity index (χ0n) is 19.7. The van der Waals surface area contributed by atoms with Crippen LogP contribution in [-0.2, 0) is 9.59 Å².